The molecule has 0 saturated heterocycles. The number of hydrogen-bond donors (Lipinski definition) is 2. The second-order valence-electron chi connectivity index (χ2n) is 10.0. The van der Waals surface area contributed by atoms with Gasteiger partial charge in [0.25, 0.3) is 5.91 Å². The van der Waals surface area contributed by atoms with E-state index in [9.17, 15) is 9.59 Å². The third-order valence-corrected chi connectivity index (χ3v) is 7.43. The first kappa shape index (κ1) is 28.6. The average molecular weight is 640 g/mol. The topological polar surface area (TPSA) is 77.6 Å². The molecule has 0 aromatic heterocycles. The van der Waals surface area contributed by atoms with Crippen molar-refractivity contribution in [1.82, 2.24) is 15.2 Å². The van der Waals surface area contributed by atoms with Crippen LogP contribution in [0.5, 0.6) is 0 Å². The molecular weight excluding hydrogens is 603 g/mol. The largest absolute Gasteiger partial charge is 0.456 e. The Morgan fingerprint density at radius 1 is 0.897 bits per heavy atom. The van der Waals surface area contributed by atoms with Gasteiger partial charge in [-0.2, -0.15) is 0 Å². The average Bonchev–Trinajstić information content (AvgIpc) is 2.94. The number of rotatable bonds is 10. The molecule has 1 aliphatic carbocycles. The first-order chi connectivity index (χ1) is 18.8. The Labute approximate surface area is 243 Å². The number of anilines is 1. The summed E-state index contributed by atoms with van der Waals surface area (Å²) in [5.41, 5.74) is 5.65. The third-order valence-electron chi connectivity index (χ3n) is 6.74. The molecule has 2 amide bonds. The van der Waals surface area contributed by atoms with E-state index in [-0.39, 0.29) is 11.8 Å². The summed E-state index contributed by atoms with van der Waals surface area (Å²) in [7, 11) is 8.07. The zero-order chi connectivity index (χ0) is 27.9. The molecule has 39 heavy (non-hydrogen) atoms. The van der Waals surface area contributed by atoms with Crippen LogP contribution in [0.2, 0.25) is 0 Å². The summed E-state index contributed by atoms with van der Waals surface area (Å²) in [6.07, 6.45) is 2.73. The van der Waals surface area contributed by atoms with Gasteiger partial charge in [-0.15, -0.1) is 0 Å². The molecule has 2 N–H and O–H groups in total. The van der Waals surface area contributed by atoms with Crippen LogP contribution in [0, 0.1) is 0 Å². The van der Waals surface area contributed by atoms with E-state index in [0.717, 1.165) is 63.7 Å². The number of carbonyl (C=O) groups excluding carboxylic acids is 2. The van der Waals surface area contributed by atoms with Crippen molar-refractivity contribution in [2.45, 2.75) is 19.3 Å². The molecule has 0 bridgehead atoms. The third kappa shape index (κ3) is 6.98. The fourth-order valence-electron chi connectivity index (χ4n) is 4.53. The number of nitrogens with zero attached hydrogens (tertiary/aromatic N) is 2. The monoisotopic (exact) mass is 639 g/mol. The Morgan fingerprint density at radius 3 is 2.28 bits per heavy atom. The second-order valence-corrected chi connectivity index (χ2v) is 10.8. The van der Waals surface area contributed by atoms with Crippen LogP contribution >= 0.6 is 22.6 Å². The lowest BCUT2D eigenvalue weighted by Crippen LogP contribution is -2.26. The fraction of sp³-hybridized carbons (Fsp3) is 0.323. The van der Waals surface area contributed by atoms with E-state index >= 15 is 0 Å². The van der Waals surface area contributed by atoms with Crippen LogP contribution in [0.4, 0.5) is 5.69 Å². The van der Waals surface area contributed by atoms with Crippen molar-refractivity contribution in [2.24, 2.45) is 0 Å². The summed E-state index contributed by atoms with van der Waals surface area (Å²) >= 11 is 2.05. The number of halogens is 1. The summed E-state index contributed by atoms with van der Waals surface area (Å²) in [5, 5.41) is 7.97. The minimum Gasteiger partial charge on any atom is -0.456 e. The Balaban J connectivity index is 1.55. The number of hydrogen-bond acceptors (Lipinski definition) is 4. The summed E-state index contributed by atoms with van der Waals surface area (Å²) in [6.45, 7) is 1.29. The highest BCUT2D eigenvalue weighted by Crippen LogP contribution is 2.40. The van der Waals surface area contributed by atoms with Gasteiger partial charge in [-0.3, -0.25) is 9.59 Å². The van der Waals surface area contributed by atoms with Gasteiger partial charge in [0.1, 0.15) is 25.4 Å². The van der Waals surface area contributed by atoms with Gasteiger partial charge >= 0.3 is 0 Å². The molecule has 0 unspecified atom stereocenters. The van der Waals surface area contributed by atoms with Crippen LogP contribution in [0.3, 0.4) is 0 Å². The van der Waals surface area contributed by atoms with Crippen LogP contribution in [0.25, 0.3) is 33.4 Å². The smallest absolute Gasteiger partial charge is 0.251 e. The fourth-order valence-corrected chi connectivity index (χ4v) is 4.80. The molecule has 2 aromatic rings. The zero-order valence-corrected chi connectivity index (χ0v) is 25.2. The molecule has 4 rings (SSSR count). The Bertz CT molecular complexity index is 1500. The van der Waals surface area contributed by atoms with Gasteiger partial charge in [-0.05, 0) is 55.2 Å². The van der Waals surface area contributed by atoms with E-state index in [2.05, 4.69) is 79.1 Å². The number of benzene rings is 3. The molecule has 204 valence electrons. The molecule has 8 heteroatoms. The molecule has 0 radical (unpaired) electrons. The number of alkyl halides is 1. The van der Waals surface area contributed by atoms with Crippen molar-refractivity contribution >= 4 is 51.1 Å². The summed E-state index contributed by atoms with van der Waals surface area (Å²) < 4.78 is 8.95. The number of carbonyl (C=O) groups is 2. The summed E-state index contributed by atoms with van der Waals surface area (Å²) in [6, 6.07) is 20.3. The van der Waals surface area contributed by atoms with Gasteiger partial charge in [0.15, 0.2) is 0 Å². The van der Waals surface area contributed by atoms with E-state index in [1.165, 1.54) is 0 Å². The Hall–Kier alpha value is -3.40. The quantitative estimate of drug-likeness (QED) is 0.0864. The molecule has 7 nitrogen and oxygen atoms in total. The lowest BCUT2D eigenvalue weighted by atomic mass is 9.93. The van der Waals surface area contributed by atoms with Crippen molar-refractivity contribution in [3.8, 4) is 22.5 Å². The SMILES string of the molecule is CN(C)c1ccc2c(-c3ccc(C(=O)NCCCCCNC(=O)CI)cc3)c3ccc(=[N+](C)C)cc-3oc2c1. The second kappa shape index (κ2) is 13.1. The van der Waals surface area contributed by atoms with Crippen molar-refractivity contribution in [3.63, 3.8) is 0 Å². The van der Waals surface area contributed by atoms with E-state index in [1.54, 1.807) is 0 Å². The number of amides is 2. The number of fused-ring (bicyclic) bond motifs is 2. The lowest BCUT2D eigenvalue weighted by molar-refractivity contribution is -0.118. The predicted octanol–water partition coefficient (Wildman–Crippen LogP) is 4.75. The van der Waals surface area contributed by atoms with Gasteiger partial charge in [-0.25, -0.2) is 4.58 Å². The van der Waals surface area contributed by atoms with Crippen LogP contribution in [0.1, 0.15) is 29.6 Å². The van der Waals surface area contributed by atoms with Crippen LogP contribution in [0.15, 0.2) is 65.1 Å². The van der Waals surface area contributed by atoms with Gasteiger partial charge in [0, 0.05) is 67.1 Å². The Kier molecular flexibility index (Phi) is 9.61. The van der Waals surface area contributed by atoms with Gasteiger partial charge in [-0.1, -0.05) is 34.7 Å². The Morgan fingerprint density at radius 2 is 1.62 bits per heavy atom. The molecular formula is C31H36IN4O3+. The van der Waals surface area contributed by atoms with Gasteiger partial charge in [0.2, 0.25) is 11.3 Å². The molecule has 0 atom stereocenters. The summed E-state index contributed by atoms with van der Waals surface area (Å²) in [5.74, 6) is 0.800. The van der Waals surface area contributed by atoms with Crippen LogP contribution < -0.4 is 25.5 Å². The molecule has 1 aliphatic heterocycles. The number of nitrogens with one attached hydrogen (secondary N) is 2. The zero-order valence-electron chi connectivity index (χ0n) is 23.0. The predicted molar refractivity (Wildman–Crippen MR) is 168 cm³/mol. The van der Waals surface area contributed by atoms with E-state index in [1.807, 2.05) is 52.5 Å². The molecule has 0 spiro atoms. The van der Waals surface area contributed by atoms with Crippen LogP contribution in [-0.2, 0) is 4.79 Å². The van der Waals surface area contributed by atoms with E-state index < -0.39 is 0 Å². The molecule has 0 saturated carbocycles. The van der Waals surface area contributed by atoms with E-state index in [0.29, 0.717) is 23.1 Å². The molecule has 2 aliphatic rings. The standard InChI is InChI=1S/C31H35IN4O3/c1-35(2)23-12-14-25-27(18-23)39-28-19-24(36(3)4)13-15-26(28)30(25)21-8-10-22(11-9-21)31(38)34-17-7-5-6-16-33-29(37)20-32/h8-15,18-19H,5-7,16-17,20H2,1-4H3,(H-,33,34,37,38)/p+1. The maximum Gasteiger partial charge on any atom is 0.251 e. The van der Waals surface area contributed by atoms with Crippen molar-refractivity contribution < 1.29 is 14.0 Å². The highest BCUT2D eigenvalue weighted by atomic mass is 127. The van der Waals surface area contributed by atoms with Crippen molar-refractivity contribution in [1.29, 1.82) is 0 Å². The van der Waals surface area contributed by atoms with Crippen LogP contribution in [-0.4, -0.2) is 57.5 Å². The minimum atomic E-state index is -0.0798. The van der Waals surface area contributed by atoms with Crippen molar-refractivity contribution in [3.05, 3.63) is 71.6 Å². The molecule has 1 heterocycles. The molecule has 0 fully saturated rings. The van der Waals surface area contributed by atoms with Gasteiger partial charge < -0.3 is 20.0 Å². The maximum atomic E-state index is 12.7. The normalized spacial score (nSPS) is 11.0. The van der Waals surface area contributed by atoms with Gasteiger partial charge in [0.05, 0.1) is 10.5 Å². The first-order valence-electron chi connectivity index (χ1n) is 13.2. The summed E-state index contributed by atoms with van der Waals surface area (Å²) in [4.78, 5) is 26.1. The highest BCUT2D eigenvalue weighted by molar-refractivity contribution is 14.1. The highest BCUT2D eigenvalue weighted by Gasteiger charge is 2.19. The first-order valence-corrected chi connectivity index (χ1v) is 14.7. The van der Waals surface area contributed by atoms with E-state index in [4.69, 9.17) is 4.42 Å². The number of unbranched alkanes of at least 4 members (excludes halogenated alkanes) is 2. The minimum absolute atomic E-state index is 0.0647. The lowest BCUT2D eigenvalue weighted by Gasteiger charge is -2.18. The molecule has 2 aromatic carbocycles. The van der Waals surface area contributed by atoms with Crippen molar-refractivity contribution in [2.75, 3.05) is 50.6 Å². The maximum absolute atomic E-state index is 12.7.